The van der Waals surface area contributed by atoms with Gasteiger partial charge in [0.05, 0.1) is 6.10 Å². The highest BCUT2D eigenvalue weighted by atomic mass is 16.5. The summed E-state index contributed by atoms with van der Waals surface area (Å²) in [5.74, 6) is 5.89. The maximum atomic E-state index is 12.2. The Morgan fingerprint density at radius 1 is 0.967 bits per heavy atom. The van der Waals surface area contributed by atoms with Gasteiger partial charge in [0.25, 0.3) is 0 Å². The summed E-state index contributed by atoms with van der Waals surface area (Å²) in [4.78, 5) is 12.2. The molecule has 4 saturated carbocycles. The van der Waals surface area contributed by atoms with Crippen molar-refractivity contribution in [1.82, 2.24) is 5.32 Å². The van der Waals surface area contributed by atoms with Gasteiger partial charge in [0.15, 0.2) is 0 Å². The van der Waals surface area contributed by atoms with E-state index in [4.69, 9.17) is 4.74 Å². The molecule has 0 radical (unpaired) electrons. The van der Waals surface area contributed by atoms with E-state index in [1.54, 1.807) is 0 Å². The van der Waals surface area contributed by atoms with Crippen LogP contribution in [-0.4, -0.2) is 24.2 Å². The molecular formula is C27H43NO2. The number of hydrogen-bond acceptors (Lipinski definition) is 3. The van der Waals surface area contributed by atoms with Crippen molar-refractivity contribution in [2.75, 3.05) is 6.54 Å². The van der Waals surface area contributed by atoms with Crippen LogP contribution in [0.25, 0.3) is 0 Å². The molecule has 2 heterocycles. The first kappa shape index (κ1) is 20.2. The van der Waals surface area contributed by atoms with Crippen molar-refractivity contribution < 1.29 is 9.53 Å². The number of ether oxygens (including phenoxy) is 1. The van der Waals surface area contributed by atoms with E-state index in [0.717, 1.165) is 55.4 Å². The van der Waals surface area contributed by atoms with Crippen molar-refractivity contribution in [2.45, 2.75) is 104 Å². The molecule has 11 atom stereocenters. The minimum atomic E-state index is -0.0416. The van der Waals surface area contributed by atoms with E-state index in [2.05, 4.69) is 33.0 Å². The van der Waals surface area contributed by atoms with Gasteiger partial charge in [-0.05, 0) is 97.7 Å². The van der Waals surface area contributed by atoms with Crippen LogP contribution in [0.1, 0.15) is 91.9 Å². The normalized spacial score (nSPS) is 60.1. The van der Waals surface area contributed by atoms with Gasteiger partial charge in [0.1, 0.15) is 11.5 Å². The van der Waals surface area contributed by atoms with Crippen LogP contribution in [0, 0.1) is 52.3 Å². The lowest BCUT2D eigenvalue weighted by atomic mass is 9.44. The average Bonchev–Trinajstić information content (AvgIpc) is 3.16. The van der Waals surface area contributed by atoms with Crippen LogP contribution in [0.5, 0.6) is 0 Å². The molecule has 6 rings (SSSR count). The number of nitrogens with one attached hydrogen (secondary N) is 1. The van der Waals surface area contributed by atoms with Crippen molar-refractivity contribution in [3.05, 3.63) is 0 Å². The number of piperidine rings is 1. The van der Waals surface area contributed by atoms with E-state index < -0.39 is 0 Å². The van der Waals surface area contributed by atoms with Gasteiger partial charge in [0.2, 0.25) is 0 Å². The highest BCUT2D eigenvalue weighted by Crippen LogP contribution is 2.70. The zero-order valence-corrected chi connectivity index (χ0v) is 19.7. The van der Waals surface area contributed by atoms with Crippen molar-refractivity contribution in [1.29, 1.82) is 0 Å². The quantitative estimate of drug-likeness (QED) is 0.564. The summed E-state index contributed by atoms with van der Waals surface area (Å²) in [5.41, 5.74) is 0.831. The molecule has 168 valence electrons. The third-order valence-electron chi connectivity index (χ3n) is 12.0. The smallest absolute Gasteiger partial charge is 0.133 e. The van der Waals surface area contributed by atoms with Gasteiger partial charge in [0, 0.05) is 25.3 Å². The predicted molar refractivity (Wildman–Crippen MR) is 119 cm³/mol. The molecule has 1 N–H and O–H groups in total. The fraction of sp³-hybridized carbons (Fsp3) is 0.963. The van der Waals surface area contributed by atoms with Gasteiger partial charge in [-0.3, -0.25) is 10.1 Å². The molecule has 2 saturated heterocycles. The van der Waals surface area contributed by atoms with Gasteiger partial charge in [-0.1, -0.05) is 27.7 Å². The molecule has 0 aromatic carbocycles. The summed E-state index contributed by atoms with van der Waals surface area (Å²) in [6, 6.07) is 0. The Kier molecular flexibility index (Phi) is 4.42. The largest absolute Gasteiger partial charge is 0.357 e. The average molecular weight is 414 g/mol. The Labute approximate surface area is 183 Å². The summed E-state index contributed by atoms with van der Waals surface area (Å²) >= 11 is 0. The summed E-state index contributed by atoms with van der Waals surface area (Å²) < 4.78 is 7.00. The first-order chi connectivity index (χ1) is 14.3. The Morgan fingerprint density at radius 3 is 2.57 bits per heavy atom. The Balaban J connectivity index is 1.26. The Hall–Kier alpha value is -0.410. The number of ketones is 1. The van der Waals surface area contributed by atoms with Crippen LogP contribution in [-0.2, 0) is 9.53 Å². The number of Topliss-reactive ketones (excluding diaryl/α,β-unsaturated/α-hetero) is 1. The minimum Gasteiger partial charge on any atom is -0.357 e. The van der Waals surface area contributed by atoms with Gasteiger partial charge < -0.3 is 4.74 Å². The van der Waals surface area contributed by atoms with Gasteiger partial charge in [-0.15, -0.1) is 0 Å². The highest BCUT2D eigenvalue weighted by molar-refractivity contribution is 5.79. The zero-order valence-electron chi connectivity index (χ0n) is 19.7. The summed E-state index contributed by atoms with van der Waals surface area (Å²) in [5, 5.41) is 3.88. The maximum absolute atomic E-state index is 12.2. The van der Waals surface area contributed by atoms with Crippen molar-refractivity contribution >= 4 is 5.78 Å². The summed E-state index contributed by atoms with van der Waals surface area (Å²) in [7, 11) is 0. The molecule has 30 heavy (non-hydrogen) atoms. The Bertz CT molecular complexity index is 726. The summed E-state index contributed by atoms with van der Waals surface area (Å²) in [6.07, 6.45) is 12.6. The van der Waals surface area contributed by atoms with E-state index in [-0.39, 0.29) is 5.72 Å². The lowest BCUT2D eigenvalue weighted by Gasteiger charge is -2.60. The van der Waals surface area contributed by atoms with Crippen LogP contribution in [0.2, 0.25) is 0 Å². The summed E-state index contributed by atoms with van der Waals surface area (Å²) in [6.45, 7) is 11.2. The van der Waals surface area contributed by atoms with Crippen LogP contribution >= 0.6 is 0 Å². The molecule has 0 unspecified atom stereocenters. The van der Waals surface area contributed by atoms with E-state index in [0.29, 0.717) is 34.6 Å². The van der Waals surface area contributed by atoms with E-state index in [1.165, 1.54) is 44.9 Å². The lowest BCUT2D eigenvalue weighted by Crippen LogP contribution is -2.57. The second-order valence-corrected chi connectivity index (χ2v) is 13.1. The van der Waals surface area contributed by atoms with E-state index >= 15 is 0 Å². The van der Waals surface area contributed by atoms with Crippen LogP contribution in [0.4, 0.5) is 0 Å². The molecule has 1 spiro atoms. The fourth-order valence-corrected chi connectivity index (χ4v) is 10.2. The lowest BCUT2D eigenvalue weighted by molar-refractivity contribution is -0.144. The Morgan fingerprint density at radius 2 is 1.80 bits per heavy atom. The fourth-order valence-electron chi connectivity index (χ4n) is 10.2. The van der Waals surface area contributed by atoms with Crippen LogP contribution in [0.3, 0.4) is 0 Å². The number of rotatable bonds is 0. The molecular weight excluding hydrogens is 370 g/mol. The number of carbonyl (C=O) groups excluding carboxylic acids is 1. The van der Waals surface area contributed by atoms with E-state index in [9.17, 15) is 4.79 Å². The van der Waals surface area contributed by atoms with Crippen molar-refractivity contribution in [3.8, 4) is 0 Å². The highest BCUT2D eigenvalue weighted by Gasteiger charge is 2.68. The first-order valence-electron chi connectivity index (χ1n) is 13.2. The van der Waals surface area contributed by atoms with Crippen LogP contribution in [0.15, 0.2) is 0 Å². The van der Waals surface area contributed by atoms with E-state index in [1.807, 2.05) is 0 Å². The topological polar surface area (TPSA) is 38.3 Å². The van der Waals surface area contributed by atoms with Crippen LogP contribution < -0.4 is 5.32 Å². The van der Waals surface area contributed by atoms with Crippen molar-refractivity contribution in [2.24, 2.45) is 52.3 Å². The first-order valence-corrected chi connectivity index (χ1v) is 13.2. The minimum absolute atomic E-state index is 0.0416. The second kappa shape index (κ2) is 6.56. The molecule has 0 bridgehead atoms. The van der Waals surface area contributed by atoms with Gasteiger partial charge >= 0.3 is 0 Å². The SMILES string of the molecule is C[C@@H]1CC[C@@]2(NC1)O[C@H]1C[C@H]3[C@@H]4CC[C@H]5CC(=O)CC[C@]5(C)[C@H]4CC[C@]3(C)[C@H]1[C@@H]2C. The molecule has 4 aliphatic carbocycles. The number of fused-ring (bicyclic) bond motifs is 7. The molecule has 2 aliphatic heterocycles. The molecule has 3 nitrogen and oxygen atoms in total. The molecule has 0 aromatic rings. The zero-order chi connectivity index (χ0) is 20.9. The third kappa shape index (κ3) is 2.54. The molecule has 6 aliphatic rings. The monoisotopic (exact) mass is 413 g/mol. The standard InChI is InChI=1S/C27H43NO2/c1-16-7-12-27(28-15-16)17(2)24-23(30-27)14-22-20-6-5-18-13-19(29)8-10-25(18,3)21(20)9-11-26(22,24)4/h16-18,20-24,28H,5-15H2,1-4H3/t16-,17+,18+,20-,21+,22+,23+,24+,25+,26+,27-/m1/s1. The number of hydrogen-bond donors (Lipinski definition) is 1. The second-order valence-electron chi connectivity index (χ2n) is 13.1. The molecule has 6 fully saturated rings. The molecule has 0 aromatic heterocycles. The maximum Gasteiger partial charge on any atom is 0.133 e. The number of carbonyl (C=O) groups is 1. The van der Waals surface area contributed by atoms with Gasteiger partial charge in [-0.2, -0.15) is 0 Å². The third-order valence-corrected chi connectivity index (χ3v) is 12.0. The molecule has 3 heteroatoms. The molecule has 0 amide bonds. The van der Waals surface area contributed by atoms with Gasteiger partial charge in [-0.25, -0.2) is 0 Å². The van der Waals surface area contributed by atoms with Crippen molar-refractivity contribution in [3.63, 3.8) is 0 Å². The predicted octanol–water partition coefficient (Wildman–Crippen LogP) is 5.58.